The van der Waals surface area contributed by atoms with Crippen molar-refractivity contribution in [1.82, 2.24) is 10.2 Å². The fourth-order valence-corrected chi connectivity index (χ4v) is 1.36. The molecule has 0 spiro atoms. The first-order valence-corrected chi connectivity index (χ1v) is 4.96. The smallest absolute Gasteiger partial charge is 0.389 e. The highest BCUT2D eigenvalue weighted by molar-refractivity contribution is 7.13. The van der Waals surface area contributed by atoms with E-state index < -0.39 is 12.6 Å². The van der Waals surface area contributed by atoms with Crippen LogP contribution in [0, 0.1) is 0 Å². The van der Waals surface area contributed by atoms with E-state index in [0.717, 1.165) is 11.3 Å². The van der Waals surface area contributed by atoms with Crippen LogP contribution in [0.4, 0.5) is 13.2 Å². The van der Waals surface area contributed by atoms with Gasteiger partial charge in [0, 0.05) is 6.42 Å². The predicted octanol–water partition coefficient (Wildman–Crippen LogP) is 1.75. The van der Waals surface area contributed by atoms with Crippen molar-refractivity contribution in [3.63, 3.8) is 0 Å². The van der Waals surface area contributed by atoms with Gasteiger partial charge in [-0.05, 0) is 6.42 Å². The maximum atomic E-state index is 11.7. The molecule has 8 heteroatoms. The first kappa shape index (κ1) is 12.2. The monoisotopic (exact) mass is 242 g/mol. The molecule has 0 saturated carbocycles. The highest BCUT2D eigenvalue weighted by Crippen LogP contribution is 2.22. The van der Waals surface area contributed by atoms with Crippen LogP contribution in [0.15, 0.2) is 0 Å². The van der Waals surface area contributed by atoms with Crippen LogP contribution >= 0.6 is 11.3 Å². The fraction of sp³-hybridized carbons (Fsp3) is 0.714. The van der Waals surface area contributed by atoms with Crippen LogP contribution in [-0.2, 0) is 6.61 Å². The third-order valence-corrected chi connectivity index (χ3v) is 2.23. The normalized spacial score (nSPS) is 11.7. The van der Waals surface area contributed by atoms with Crippen LogP contribution < -0.4 is 4.74 Å². The lowest BCUT2D eigenvalue weighted by molar-refractivity contribution is -0.136. The van der Waals surface area contributed by atoms with Crippen LogP contribution in [0.25, 0.3) is 0 Å². The first-order chi connectivity index (χ1) is 7.01. The number of rotatable bonds is 5. The molecule has 1 aromatic rings. The molecule has 0 bridgehead atoms. The Balaban J connectivity index is 2.20. The van der Waals surface area contributed by atoms with Gasteiger partial charge < -0.3 is 9.84 Å². The van der Waals surface area contributed by atoms with Gasteiger partial charge in [-0.2, -0.15) is 13.2 Å². The number of ether oxygens (including phenoxy) is 1. The third-order valence-electron chi connectivity index (χ3n) is 1.41. The van der Waals surface area contributed by atoms with Gasteiger partial charge in [0.05, 0.1) is 13.2 Å². The van der Waals surface area contributed by atoms with E-state index in [-0.39, 0.29) is 24.8 Å². The Hall–Kier alpha value is -0.890. The molecule has 15 heavy (non-hydrogen) atoms. The Kier molecular flexibility index (Phi) is 4.28. The third kappa shape index (κ3) is 4.93. The largest absolute Gasteiger partial charge is 0.469 e. The van der Waals surface area contributed by atoms with Crippen LogP contribution in [0.2, 0.25) is 0 Å². The molecule has 0 aliphatic rings. The Labute approximate surface area is 87.7 Å². The van der Waals surface area contributed by atoms with E-state index in [4.69, 9.17) is 9.84 Å². The number of hydrogen-bond donors (Lipinski definition) is 1. The average molecular weight is 242 g/mol. The summed E-state index contributed by atoms with van der Waals surface area (Å²) in [6.07, 6.45) is -5.14. The molecule has 4 nitrogen and oxygen atoms in total. The lowest BCUT2D eigenvalue weighted by Gasteiger charge is -2.05. The van der Waals surface area contributed by atoms with Crippen molar-refractivity contribution in [1.29, 1.82) is 0 Å². The number of aliphatic hydroxyl groups excluding tert-OH is 1. The second-order valence-electron chi connectivity index (χ2n) is 2.69. The zero-order chi connectivity index (χ0) is 11.3. The Bertz CT molecular complexity index is 303. The fourth-order valence-electron chi connectivity index (χ4n) is 0.793. The Morgan fingerprint density at radius 2 is 2.07 bits per heavy atom. The summed E-state index contributed by atoms with van der Waals surface area (Å²) < 4.78 is 40.1. The zero-order valence-corrected chi connectivity index (χ0v) is 8.44. The summed E-state index contributed by atoms with van der Waals surface area (Å²) >= 11 is 1.02. The summed E-state index contributed by atoms with van der Waals surface area (Å²) in [5.74, 6) is 0. The molecule has 86 valence electrons. The molecule has 1 rings (SSSR count). The number of aromatic nitrogens is 2. The molecule has 1 heterocycles. The number of aliphatic hydroxyl groups is 1. The minimum atomic E-state index is -4.15. The van der Waals surface area contributed by atoms with Gasteiger partial charge in [-0.25, -0.2) is 0 Å². The van der Waals surface area contributed by atoms with Gasteiger partial charge in [0.15, 0.2) is 0 Å². The predicted molar refractivity (Wildman–Crippen MR) is 46.6 cm³/mol. The van der Waals surface area contributed by atoms with Crippen LogP contribution in [0.5, 0.6) is 5.19 Å². The van der Waals surface area contributed by atoms with E-state index >= 15 is 0 Å². The second-order valence-corrected chi connectivity index (χ2v) is 3.71. The summed E-state index contributed by atoms with van der Waals surface area (Å²) in [5.41, 5.74) is 0. The molecule has 0 radical (unpaired) electrons. The number of nitrogens with zero attached hydrogens (tertiary/aromatic N) is 2. The van der Waals surface area contributed by atoms with Gasteiger partial charge in [-0.1, -0.05) is 16.4 Å². The van der Waals surface area contributed by atoms with E-state index in [1.165, 1.54) is 0 Å². The van der Waals surface area contributed by atoms with Gasteiger partial charge in [-0.15, -0.1) is 5.10 Å². The highest BCUT2D eigenvalue weighted by atomic mass is 32.1. The zero-order valence-electron chi connectivity index (χ0n) is 7.62. The van der Waals surface area contributed by atoms with Crippen molar-refractivity contribution in [3.05, 3.63) is 5.01 Å². The van der Waals surface area contributed by atoms with Crippen LogP contribution in [-0.4, -0.2) is 28.1 Å². The van der Waals surface area contributed by atoms with E-state index in [1.807, 2.05) is 0 Å². The molecular weight excluding hydrogens is 233 g/mol. The lowest BCUT2D eigenvalue weighted by atomic mass is 10.3. The van der Waals surface area contributed by atoms with Crippen LogP contribution in [0.3, 0.4) is 0 Å². The second kappa shape index (κ2) is 5.26. The van der Waals surface area contributed by atoms with E-state index in [2.05, 4.69) is 10.2 Å². The molecule has 0 fully saturated rings. The number of hydrogen-bond acceptors (Lipinski definition) is 5. The maximum Gasteiger partial charge on any atom is 0.389 e. The molecule has 0 aliphatic heterocycles. The van der Waals surface area contributed by atoms with Crippen molar-refractivity contribution in [2.24, 2.45) is 0 Å². The molecular formula is C7H9F3N2O2S. The van der Waals surface area contributed by atoms with Crippen molar-refractivity contribution in [2.75, 3.05) is 6.61 Å². The van der Waals surface area contributed by atoms with E-state index in [0.29, 0.717) is 5.01 Å². The summed E-state index contributed by atoms with van der Waals surface area (Å²) in [6, 6.07) is 0. The van der Waals surface area contributed by atoms with Crippen LogP contribution in [0.1, 0.15) is 17.8 Å². The molecule has 1 N–H and O–H groups in total. The summed E-state index contributed by atoms with van der Waals surface area (Å²) in [5, 5.41) is 16.2. The number of alkyl halides is 3. The molecule has 0 atom stereocenters. The molecule has 0 saturated heterocycles. The van der Waals surface area contributed by atoms with Crippen molar-refractivity contribution in [3.8, 4) is 5.19 Å². The SMILES string of the molecule is OCc1nnc(OCCCC(F)(F)F)s1. The van der Waals surface area contributed by atoms with Gasteiger partial charge in [0.1, 0.15) is 5.01 Å². The lowest BCUT2D eigenvalue weighted by Crippen LogP contribution is -2.09. The van der Waals surface area contributed by atoms with E-state index in [1.54, 1.807) is 0 Å². The molecule has 0 aromatic carbocycles. The average Bonchev–Trinajstić information content (AvgIpc) is 2.59. The van der Waals surface area contributed by atoms with Gasteiger partial charge in [-0.3, -0.25) is 0 Å². The maximum absolute atomic E-state index is 11.7. The number of halogens is 3. The standard InChI is InChI=1S/C7H9F3N2O2S/c8-7(9,10)2-1-3-14-6-12-11-5(4-13)15-6/h13H,1-4H2. The summed E-state index contributed by atoms with van der Waals surface area (Å²) in [6.45, 7) is -0.302. The molecule has 0 amide bonds. The van der Waals surface area contributed by atoms with Gasteiger partial charge >= 0.3 is 6.18 Å². The summed E-state index contributed by atoms with van der Waals surface area (Å²) in [7, 11) is 0. The first-order valence-electron chi connectivity index (χ1n) is 4.14. The minimum absolute atomic E-state index is 0.0560. The quantitative estimate of drug-likeness (QED) is 0.799. The Morgan fingerprint density at radius 3 is 2.60 bits per heavy atom. The van der Waals surface area contributed by atoms with E-state index in [9.17, 15) is 13.2 Å². The molecule has 0 aliphatic carbocycles. The van der Waals surface area contributed by atoms with Crippen molar-refractivity contribution < 1.29 is 23.0 Å². The molecule has 0 unspecified atom stereocenters. The highest BCUT2D eigenvalue weighted by Gasteiger charge is 2.26. The van der Waals surface area contributed by atoms with Crippen molar-refractivity contribution >= 4 is 11.3 Å². The van der Waals surface area contributed by atoms with Gasteiger partial charge in [0.2, 0.25) is 0 Å². The Morgan fingerprint density at radius 1 is 1.33 bits per heavy atom. The molecule has 1 aromatic heterocycles. The topological polar surface area (TPSA) is 55.2 Å². The minimum Gasteiger partial charge on any atom is -0.469 e. The van der Waals surface area contributed by atoms with Gasteiger partial charge in [0.25, 0.3) is 5.19 Å². The van der Waals surface area contributed by atoms with Crippen molar-refractivity contribution in [2.45, 2.75) is 25.6 Å². The summed E-state index contributed by atoms with van der Waals surface area (Å²) in [4.78, 5) is 0.